The Morgan fingerprint density at radius 3 is 2.69 bits per heavy atom. The van der Waals surface area contributed by atoms with E-state index in [0.29, 0.717) is 25.4 Å². The number of halogens is 1. The highest BCUT2D eigenvalue weighted by molar-refractivity contribution is 9.10. The third-order valence-electron chi connectivity index (χ3n) is 2.02. The van der Waals surface area contributed by atoms with Crippen LogP contribution in [0, 0.1) is 0 Å². The van der Waals surface area contributed by atoms with Gasteiger partial charge in [0.1, 0.15) is 0 Å². The van der Waals surface area contributed by atoms with Crippen molar-refractivity contribution in [3.63, 3.8) is 0 Å². The normalized spacial score (nSPS) is 10.2. The van der Waals surface area contributed by atoms with Crippen molar-refractivity contribution in [1.82, 2.24) is 0 Å². The molecule has 3 nitrogen and oxygen atoms in total. The molecule has 0 saturated heterocycles. The molecule has 4 heteroatoms. The Hall–Kier alpha value is -0.870. The maximum absolute atomic E-state index is 11.5. The van der Waals surface area contributed by atoms with E-state index in [0.717, 1.165) is 10.0 Å². The average Bonchev–Trinajstić information content (AvgIpc) is 2.28. The number of hydrogen-bond acceptors (Lipinski definition) is 3. The number of ether oxygens (including phenoxy) is 2. The summed E-state index contributed by atoms with van der Waals surface area (Å²) in [5, 5.41) is 0. The van der Waals surface area contributed by atoms with E-state index in [4.69, 9.17) is 9.47 Å². The summed E-state index contributed by atoms with van der Waals surface area (Å²) >= 11 is 3.42. The zero-order valence-electron chi connectivity index (χ0n) is 9.46. The number of rotatable bonds is 5. The third-order valence-corrected chi connectivity index (χ3v) is 2.79. The van der Waals surface area contributed by atoms with Gasteiger partial charge in [0.2, 0.25) is 0 Å². The van der Waals surface area contributed by atoms with Crippen molar-refractivity contribution in [2.45, 2.75) is 20.5 Å². The minimum atomic E-state index is -0.298. The van der Waals surface area contributed by atoms with Gasteiger partial charge < -0.3 is 9.47 Å². The molecule has 1 aromatic rings. The summed E-state index contributed by atoms with van der Waals surface area (Å²) in [6.45, 7) is 5.25. The quantitative estimate of drug-likeness (QED) is 0.780. The van der Waals surface area contributed by atoms with Crippen LogP contribution in [-0.4, -0.2) is 19.2 Å². The smallest absolute Gasteiger partial charge is 0.338 e. The average molecular weight is 287 g/mol. The van der Waals surface area contributed by atoms with Gasteiger partial charge in [-0.3, -0.25) is 0 Å². The summed E-state index contributed by atoms with van der Waals surface area (Å²) < 4.78 is 11.2. The summed E-state index contributed by atoms with van der Waals surface area (Å²) in [5.74, 6) is -0.298. The molecule has 0 aliphatic heterocycles. The Morgan fingerprint density at radius 2 is 2.06 bits per heavy atom. The largest absolute Gasteiger partial charge is 0.462 e. The Labute approximate surface area is 104 Å². The molecule has 0 aliphatic carbocycles. The number of esters is 1. The fraction of sp³-hybridized carbons (Fsp3) is 0.417. The predicted octanol–water partition coefficient (Wildman–Crippen LogP) is 3.16. The van der Waals surface area contributed by atoms with Crippen molar-refractivity contribution in [2.75, 3.05) is 13.2 Å². The van der Waals surface area contributed by atoms with Gasteiger partial charge in [0.15, 0.2) is 0 Å². The molecule has 88 valence electrons. The summed E-state index contributed by atoms with van der Waals surface area (Å²) in [7, 11) is 0. The second kappa shape index (κ2) is 6.66. The first-order chi connectivity index (χ1) is 7.69. The fourth-order valence-electron chi connectivity index (χ4n) is 1.24. The van der Waals surface area contributed by atoms with Crippen molar-refractivity contribution in [2.24, 2.45) is 0 Å². The highest BCUT2D eigenvalue weighted by Gasteiger charge is 2.09. The molecule has 0 aromatic heterocycles. The summed E-state index contributed by atoms with van der Waals surface area (Å²) in [5.41, 5.74) is 1.51. The Morgan fingerprint density at radius 1 is 1.31 bits per heavy atom. The molecule has 0 bridgehead atoms. The van der Waals surface area contributed by atoms with E-state index in [1.165, 1.54) is 0 Å². The van der Waals surface area contributed by atoms with Crippen molar-refractivity contribution >= 4 is 21.9 Å². The topological polar surface area (TPSA) is 35.5 Å². The van der Waals surface area contributed by atoms with Gasteiger partial charge in [-0.1, -0.05) is 15.9 Å². The van der Waals surface area contributed by atoms with Crippen LogP contribution in [0.2, 0.25) is 0 Å². The maximum atomic E-state index is 11.5. The molecule has 0 N–H and O–H groups in total. The molecule has 0 radical (unpaired) electrons. The Balaban J connectivity index is 2.84. The van der Waals surface area contributed by atoms with E-state index in [-0.39, 0.29) is 5.97 Å². The van der Waals surface area contributed by atoms with Crippen LogP contribution in [0.25, 0.3) is 0 Å². The molecule has 0 aliphatic rings. The van der Waals surface area contributed by atoms with Gasteiger partial charge >= 0.3 is 5.97 Å². The van der Waals surface area contributed by atoms with E-state index in [1.54, 1.807) is 19.1 Å². The van der Waals surface area contributed by atoms with Gasteiger partial charge in [-0.2, -0.15) is 0 Å². The molecular formula is C12H15BrO3. The van der Waals surface area contributed by atoms with Crippen LogP contribution in [0.3, 0.4) is 0 Å². The third kappa shape index (κ3) is 3.61. The molecule has 0 saturated carbocycles. The number of carbonyl (C=O) groups is 1. The Bertz CT molecular complexity index is 363. The van der Waals surface area contributed by atoms with Gasteiger partial charge in [0.05, 0.1) is 18.8 Å². The summed E-state index contributed by atoms with van der Waals surface area (Å²) in [6, 6.07) is 5.36. The second-order valence-corrected chi connectivity index (χ2v) is 4.02. The highest BCUT2D eigenvalue weighted by atomic mass is 79.9. The highest BCUT2D eigenvalue weighted by Crippen LogP contribution is 2.19. The van der Waals surface area contributed by atoms with Crippen LogP contribution < -0.4 is 0 Å². The number of hydrogen-bond donors (Lipinski definition) is 0. The molecule has 0 spiro atoms. The lowest BCUT2D eigenvalue weighted by Crippen LogP contribution is -2.05. The van der Waals surface area contributed by atoms with E-state index in [9.17, 15) is 4.79 Å². The Kier molecular flexibility index (Phi) is 5.49. The van der Waals surface area contributed by atoms with Gasteiger partial charge in [-0.05, 0) is 37.6 Å². The lowest BCUT2D eigenvalue weighted by Gasteiger charge is -2.07. The second-order valence-electron chi connectivity index (χ2n) is 3.16. The first-order valence-electron chi connectivity index (χ1n) is 5.22. The fourth-order valence-corrected chi connectivity index (χ4v) is 1.60. The predicted molar refractivity (Wildman–Crippen MR) is 65.4 cm³/mol. The summed E-state index contributed by atoms with van der Waals surface area (Å²) in [6.07, 6.45) is 0. The lowest BCUT2D eigenvalue weighted by molar-refractivity contribution is 0.0526. The maximum Gasteiger partial charge on any atom is 0.338 e. The van der Waals surface area contributed by atoms with E-state index >= 15 is 0 Å². The van der Waals surface area contributed by atoms with Crippen LogP contribution in [0.4, 0.5) is 0 Å². The standard InChI is InChI=1S/C12H15BrO3/c1-3-15-8-10-7-9(5-6-11(10)13)12(14)16-4-2/h5-7H,3-4,8H2,1-2H3. The van der Waals surface area contributed by atoms with E-state index < -0.39 is 0 Å². The van der Waals surface area contributed by atoms with E-state index in [1.807, 2.05) is 13.0 Å². The lowest BCUT2D eigenvalue weighted by atomic mass is 10.1. The zero-order valence-corrected chi connectivity index (χ0v) is 11.0. The van der Waals surface area contributed by atoms with Gasteiger partial charge in [0, 0.05) is 11.1 Å². The molecule has 0 fully saturated rings. The van der Waals surface area contributed by atoms with Gasteiger partial charge in [-0.15, -0.1) is 0 Å². The SMILES string of the molecule is CCOCc1cc(C(=O)OCC)ccc1Br. The monoisotopic (exact) mass is 286 g/mol. The zero-order chi connectivity index (χ0) is 12.0. The molecule has 16 heavy (non-hydrogen) atoms. The molecule has 0 atom stereocenters. The number of carbonyl (C=O) groups excluding carboxylic acids is 1. The van der Waals surface area contributed by atoms with Crippen molar-refractivity contribution in [3.05, 3.63) is 33.8 Å². The molecular weight excluding hydrogens is 272 g/mol. The van der Waals surface area contributed by atoms with Crippen LogP contribution in [0.15, 0.2) is 22.7 Å². The molecule has 0 heterocycles. The molecule has 0 unspecified atom stereocenters. The molecule has 0 amide bonds. The van der Waals surface area contributed by atoms with Crippen molar-refractivity contribution < 1.29 is 14.3 Å². The number of benzene rings is 1. The van der Waals surface area contributed by atoms with E-state index in [2.05, 4.69) is 15.9 Å². The molecule has 1 aromatic carbocycles. The first kappa shape index (κ1) is 13.2. The van der Waals surface area contributed by atoms with Gasteiger partial charge in [-0.25, -0.2) is 4.79 Å². The first-order valence-corrected chi connectivity index (χ1v) is 6.01. The van der Waals surface area contributed by atoms with Crippen LogP contribution >= 0.6 is 15.9 Å². The summed E-state index contributed by atoms with van der Waals surface area (Å²) in [4.78, 5) is 11.5. The van der Waals surface area contributed by atoms with Gasteiger partial charge in [0.25, 0.3) is 0 Å². The van der Waals surface area contributed by atoms with Crippen LogP contribution in [-0.2, 0) is 16.1 Å². The van der Waals surface area contributed by atoms with Crippen LogP contribution in [0.5, 0.6) is 0 Å². The van der Waals surface area contributed by atoms with Crippen molar-refractivity contribution in [1.29, 1.82) is 0 Å². The minimum Gasteiger partial charge on any atom is -0.462 e. The molecule has 1 rings (SSSR count). The minimum absolute atomic E-state index is 0.298. The van der Waals surface area contributed by atoms with Crippen molar-refractivity contribution in [3.8, 4) is 0 Å². The van der Waals surface area contributed by atoms with Crippen LogP contribution in [0.1, 0.15) is 29.8 Å².